The predicted molar refractivity (Wildman–Crippen MR) is 188 cm³/mol. The standard InChI is InChI=1S/C41H51ClO/c1-4-6-8-9-10-11-12-14-16-33-17-19-34(20-18-33)35-21-23-36(24-22-35)38-27-30-40(41(42)31-38)37-25-28-39(29-26-37)43-32(3)15-13-7-5-2/h17-32H,4-16H2,1-3H3. The molecule has 0 aromatic heterocycles. The first-order valence-electron chi connectivity index (χ1n) is 16.8. The van der Waals surface area contributed by atoms with Crippen molar-refractivity contribution in [3.8, 4) is 39.1 Å². The number of halogens is 1. The van der Waals surface area contributed by atoms with Gasteiger partial charge in [0.2, 0.25) is 0 Å². The number of hydrogen-bond donors (Lipinski definition) is 0. The Morgan fingerprint density at radius 1 is 0.535 bits per heavy atom. The summed E-state index contributed by atoms with van der Waals surface area (Å²) in [6.45, 7) is 6.67. The Morgan fingerprint density at radius 3 is 1.63 bits per heavy atom. The van der Waals surface area contributed by atoms with Crippen LogP contribution in [0.1, 0.15) is 103 Å². The van der Waals surface area contributed by atoms with Crippen molar-refractivity contribution in [1.82, 2.24) is 0 Å². The maximum Gasteiger partial charge on any atom is 0.119 e. The molecule has 0 spiro atoms. The second kappa shape index (κ2) is 17.9. The molecule has 0 aliphatic rings. The summed E-state index contributed by atoms with van der Waals surface area (Å²) >= 11 is 6.80. The topological polar surface area (TPSA) is 9.23 Å². The minimum Gasteiger partial charge on any atom is -0.491 e. The molecule has 0 aliphatic carbocycles. The van der Waals surface area contributed by atoms with Crippen molar-refractivity contribution in [1.29, 1.82) is 0 Å². The van der Waals surface area contributed by atoms with E-state index in [0.717, 1.165) is 33.9 Å². The number of aryl methyl sites for hydroxylation is 1. The van der Waals surface area contributed by atoms with E-state index in [4.69, 9.17) is 16.3 Å². The summed E-state index contributed by atoms with van der Waals surface area (Å²) in [4.78, 5) is 0. The predicted octanol–water partition coefficient (Wildman–Crippen LogP) is 13.4. The summed E-state index contributed by atoms with van der Waals surface area (Å²) in [6.07, 6.45) is 17.2. The van der Waals surface area contributed by atoms with Gasteiger partial charge in [0.1, 0.15) is 5.75 Å². The quantitative estimate of drug-likeness (QED) is 0.104. The van der Waals surface area contributed by atoms with Gasteiger partial charge in [-0.25, -0.2) is 0 Å². The molecule has 43 heavy (non-hydrogen) atoms. The Balaban J connectivity index is 1.29. The summed E-state index contributed by atoms with van der Waals surface area (Å²) in [5.74, 6) is 0.915. The van der Waals surface area contributed by atoms with Gasteiger partial charge >= 0.3 is 0 Å². The zero-order chi connectivity index (χ0) is 30.3. The number of hydrogen-bond acceptors (Lipinski definition) is 1. The molecule has 2 heteroatoms. The van der Waals surface area contributed by atoms with Gasteiger partial charge in [-0.05, 0) is 84.2 Å². The second-order valence-electron chi connectivity index (χ2n) is 12.1. The highest BCUT2D eigenvalue weighted by Gasteiger charge is 2.09. The van der Waals surface area contributed by atoms with E-state index in [1.54, 1.807) is 0 Å². The van der Waals surface area contributed by atoms with Crippen LogP contribution in [0.15, 0.2) is 91.0 Å². The SMILES string of the molecule is CCCCCCCCCCc1ccc(-c2ccc(-c3ccc(-c4ccc(OC(C)CCCCC)cc4)c(Cl)c3)cc2)cc1. The van der Waals surface area contributed by atoms with Crippen molar-refractivity contribution >= 4 is 11.6 Å². The Hall–Kier alpha value is -3.03. The molecule has 0 amide bonds. The summed E-state index contributed by atoms with van der Waals surface area (Å²) in [7, 11) is 0. The fourth-order valence-electron chi connectivity index (χ4n) is 5.80. The smallest absolute Gasteiger partial charge is 0.119 e. The summed E-state index contributed by atoms with van der Waals surface area (Å²) < 4.78 is 6.11. The van der Waals surface area contributed by atoms with E-state index in [1.807, 2.05) is 0 Å². The lowest BCUT2D eigenvalue weighted by Gasteiger charge is -2.15. The minimum absolute atomic E-state index is 0.232. The van der Waals surface area contributed by atoms with Crippen molar-refractivity contribution in [3.05, 3.63) is 102 Å². The molecule has 0 radical (unpaired) electrons. The van der Waals surface area contributed by atoms with Crippen molar-refractivity contribution < 1.29 is 4.74 Å². The third-order valence-corrected chi connectivity index (χ3v) is 8.82. The van der Waals surface area contributed by atoms with Gasteiger partial charge in [0.05, 0.1) is 6.10 Å². The molecule has 0 heterocycles. The van der Waals surface area contributed by atoms with E-state index in [-0.39, 0.29) is 6.10 Å². The maximum absolute atomic E-state index is 6.80. The second-order valence-corrected chi connectivity index (χ2v) is 12.5. The normalized spacial score (nSPS) is 11.9. The zero-order valence-corrected chi connectivity index (χ0v) is 27.5. The third-order valence-electron chi connectivity index (χ3n) is 8.51. The zero-order valence-electron chi connectivity index (χ0n) is 26.7. The first-order valence-corrected chi connectivity index (χ1v) is 17.2. The van der Waals surface area contributed by atoms with E-state index in [1.165, 1.54) is 99.3 Å². The molecule has 0 N–H and O–H groups in total. The molecule has 228 valence electrons. The molecule has 4 rings (SSSR count). The summed E-state index contributed by atoms with van der Waals surface area (Å²) in [5.41, 5.74) is 8.39. The molecular weight excluding hydrogens is 544 g/mol. The lowest BCUT2D eigenvalue weighted by molar-refractivity contribution is 0.206. The highest BCUT2D eigenvalue weighted by molar-refractivity contribution is 6.33. The van der Waals surface area contributed by atoms with Gasteiger partial charge < -0.3 is 4.74 Å². The molecule has 0 saturated carbocycles. The number of unbranched alkanes of at least 4 members (excludes halogenated alkanes) is 9. The number of ether oxygens (including phenoxy) is 1. The van der Waals surface area contributed by atoms with Gasteiger partial charge in [-0.15, -0.1) is 0 Å². The van der Waals surface area contributed by atoms with Crippen LogP contribution in [0.4, 0.5) is 0 Å². The lowest BCUT2D eigenvalue weighted by Crippen LogP contribution is -2.11. The van der Waals surface area contributed by atoms with Crippen LogP contribution >= 0.6 is 11.6 Å². The van der Waals surface area contributed by atoms with Gasteiger partial charge in [-0.3, -0.25) is 0 Å². The average Bonchev–Trinajstić information content (AvgIpc) is 3.03. The molecule has 0 fully saturated rings. The Morgan fingerprint density at radius 2 is 1.02 bits per heavy atom. The molecule has 1 unspecified atom stereocenters. The Kier molecular flexibility index (Phi) is 13.7. The van der Waals surface area contributed by atoms with Crippen LogP contribution in [0, 0.1) is 0 Å². The lowest BCUT2D eigenvalue weighted by atomic mass is 9.97. The van der Waals surface area contributed by atoms with Gasteiger partial charge in [-0.1, -0.05) is 156 Å². The van der Waals surface area contributed by atoms with Gasteiger partial charge in [0, 0.05) is 10.6 Å². The van der Waals surface area contributed by atoms with Crippen molar-refractivity contribution in [2.45, 2.75) is 110 Å². The number of rotatable bonds is 18. The van der Waals surface area contributed by atoms with Crippen molar-refractivity contribution in [3.63, 3.8) is 0 Å². The molecule has 1 atom stereocenters. The molecule has 1 nitrogen and oxygen atoms in total. The van der Waals surface area contributed by atoms with E-state index >= 15 is 0 Å². The van der Waals surface area contributed by atoms with Gasteiger partial charge in [0.15, 0.2) is 0 Å². The van der Waals surface area contributed by atoms with E-state index < -0.39 is 0 Å². The fourth-order valence-corrected chi connectivity index (χ4v) is 6.09. The van der Waals surface area contributed by atoms with Crippen LogP contribution in [0.3, 0.4) is 0 Å². The number of benzene rings is 4. The molecular formula is C41H51ClO. The molecule has 4 aromatic carbocycles. The van der Waals surface area contributed by atoms with E-state index in [0.29, 0.717) is 0 Å². The highest BCUT2D eigenvalue weighted by atomic mass is 35.5. The van der Waals surface area contributed by atoms with Crippen LogP contribution in [-0.2, 0) is 6.42 Å². The average molecular weight is 595 g/mol. The monoisotopic (exact) mass is 594 g/mol. The van der Waals surface area contributed by atoms with E-state index in [9.17, 15) is 0 Å². The Labute approximate surface area is 266 Å². The van der Waals surface area contributed by atoms with Crippen LogP contribution < -0.4 is 4.74 Å². The van der Waals surface area contributed by atoms with Crippen LogP contribution in [0.5, 0.6) is 5.75 Å². The molecule has 4 aromatic rings. The van der Waals surface area contributed by atoms with E-state index in [2.05, 4.69) is 112 Å². The van der Waals surface area contributed by atoms with Gasteiger partial charge in [0.25, 0.3) is 0 Å². The van der Waals surface area contributed by atoms with Crippen LogP contribution in [0.25, 0.3) is 33.4 Å². The fraction of sp³-hybridized carbons (Fsp3) is 0.415. The Bertz CT molecular complexity index is 1340. The summed E-state index contributed by atoms with van der Waals surface area (Å²) in [6, 6.07) is 32.6. The van der Waals surface area contributed by atoms with Crippen LogP contribution in [-0.4, -0.2) is 6.10 Å². The van der Waals surface area contributed by atoms with Crippen LogP contribution in [0.2, 0.25) is 5.02 Å². The minimum atomic E-state index is 0.232. The first-order chi connectivity index (χ1) is 21.1. The molecule has 0 saturated heterocycles. The third kappa shape index (κ3) is 10.6. The molecule has 0 bridgehead atoms. The van der Waals surface area contributed by atoms with Crippen molar-refractivity contribution in [2.75, 3.05) is 0 Å². The highest BCUT2D eigenvalue weighted by Crippen LogP contribution is 2.34. The largest absolute Gasteiger partial charge is 0.491 e. The summed E-state index contributed by atoms with van der Waals surface area (Å²) in [5, 5.41) is 0.760. The maximum atomic E-state index is 6.80. The molecule has 0 aliphatic heterocycles. The first kappa shape index (κ1) is 32.9. The van der Waals surface area contributed by atoms with Crippen molar-refractivity contribution in [2.24, 2.45) is 0 Å². The van der Waals surface area contributed by atoms with Gasteiger partial charge in [-0.2, -0.15) is 0 Å².